The summed E-state index contributed by atoms with van der Waals surface area (Å²) in [5.41, 5.74) is 5.81. The summed E-state index contributed by atoms with van der Waals surface area (Å²) >= 11 is 0. The molecule has 0 spiro atoms. The molecule has 2 aliphatic heterocycles. The fraction of sp³-hybridized carbons (Fsp3) is 0.600. The van der Waals surface area contributed by atoms with Gasteiger partial charge in [0.05, 0.1) is 25.4 Å². The standard InChI is InChI=1S/C10H15N5O4/c11-10(18)8-9(12-3-14-10)15(4-13-8)7-1-5(17)6(2-16)19-7/h3-7,16-18H,1-2,11H2,(H,12,14)/t5-,6-,7-,10-/m1/s1. The Labute approximate surface area is 108 Å². The van der Waals surface area contributed by atoms with Gasteiger partial charge in [-0.25, -0.2) is 9.98 Å². The molecule has 0 aliphatic carbocycles. The smallest absolute Gasteiger partial charge is 0.240 e. The summed E-state index contributed by atoms with van der Waals surface area (Å²) < 4.78 is 7.08. The van der Waals surface area contributed by atoms with Gasteiger partial charge in [0.1, 0.15) is 12.3 Å². The van der Waals surface area contributed by atoms with Crippen molar-refractivity contribution >= 4 is 12.2 Å². The van der Waals surface area contributed by atoms with Gasteiger partial charge in [-0.15, -0.1) is 0 Å². The summed E-state index contributed by atoms with van der Waals surface area (Å²) in [4.78, 5) is 8.09. The van der Waals surface area contributed by atoms with Crippen LogP contribution in [0.4, 0.5) is 5.82 Å². The lowest BCUT2D eigenvalue weighted by Crippen LogP contribution is -2.51. The zero-order valence-electron chi connectivity index (χ0n) is 9.97. The van der Waals surface area contributed by atoms with E-state index < -0.39 is 24.3 Å². The molecule has 3 rings (SSSR count). The number of aliphatic hydroxyl groups excluding tert-OH is 2. The number of hydrogen-bond acceptors (Lipinski definition) is 8. The second kappa shape index (κ2) is 4.25. The molecule has 0 amide bonds. The van der Waals surface area contributed by atoms with Crippen LogP contribution in [0.25, 0.3) is 0 Å². The zero-order chi connectivity index (χ0) is 13.6. The topological polar surface area (TPSA) is 138 Å². The van der Waals surface area contributed by atoms with Gasteiger partial charge in [0.15, 0.2) is 11.5 Å². The average molecular weight is 269 g/mol. The van der Waals surface area contributed by atoms with Gasteiger partial charge in [0.25, 0.3) is 0 Å². The zero-order valence-corrected chi connectivity index (χ0v) is 9.97. The Balaban J connectivity index is 1.93. The quantitative estimate of drug-likeness (QED) is 0.386. The van der Waals surface area contributed by atoms with Gasteiger partial charge in [-0.05, 0) is 0 Å². The first-order chi connectivity index (χ1) is 9.03. The highest BCUT2D eigenvalue weighted by Crippen LogP contribution is 2.35. The van der Waals surface area contributed by atoms with Crippen molar-refractivity contribution < 1.29 is 20.1 Å². The molecule has 9 nitrogen and oxygen atoms in total. The molecule has 6 N–H and O–H groups in total. The number of imidazole rings is 1. The number of nitrogens with two attached hydrogens (primary N) is 1. The monoisotopic (exact) mass is 269 g/mol. The second-order valence-electron chi connectivity index (χ2n) is 4.61. The Morgan fingerprint density at radius 1 is 1.63 bits per heavy atom. The van der Waals surface area contributed by atoms with Crippen LogP contribution in [-0.4, -0.2) is 50.0 Å². The molecule has 0 saturated carbocycles. The summed E-state index contributed by atoms with van der Waals surface area (Å²) in [5, 5.41) is 31.2. The maximum Gasteiger partial charge on any atom is 0.240 e. The molecule has 0 unspecified atom stereocenters. The highest BCUT2D eigenvalue weighted by molar-refractivity contribution is 5.65. The van der Waals surface area contributed by atoms with Crippen molar-refractivity contribution in [3.05, 3.63) is 12.0 Å². The van der Waals surface area contributed by atoms with E-state index in [0.29, 0.717) is 12.2 Å². The lowest BCUT2D eigenvalue weighted by molar-refractivity contribution is -0.0440. The van der Waals surface area contributed by atoms with E-state index in [4.69, 9.17) is 15.6 Å². The molecule has 1 fully saturated rings. The average Bonchev–Trinajstić information content (AvgIpc) is 2.92. The maximum absolute atomic E-state index is 9.90. The van der Waals surface area contributed by atoms with Crippen molar-refractivity contribution in [3.63, 3.8) is 0 Å². The summed E-state index contributed by atoms with van der Waals surface area (Å²) in [6.07, 6.45) is 1.12. The maximum atomic E-state index is 9.90. The van der Waals surface area contributed by atoms with Gasteiger partial charge >= 0.3 is 0 Å². The molecule has 0 bridgehead atoms. The summed E-state index contributed by atoms with van der Waals surface area (Å²) in [6.45, 7) is -0.264. The van der Waals surface area contributed by atoms with Crippen LogP contribution >= 0.6 is 0 Å². The minimum Gasteiger partial charge on any atom is -0.394 e. The minimum absolute atomic E-state index is 0.181. The highest BCUT2D eigenvalue weighted by atomic mass is 16.5. The van der Waals surface area contributed by atoms with Gasteiger partial charge in [0.2, 0.25) is 5.85 Å². The number of fused-ring (bicyclic) bond motifs is 1. The Kier molecular flexibility index (Phi) is 2.80. The van der Waals surface area contributed by atoms with Crippen LogP contribution in [0.3, 0.4) is 0 Å². The van der Waals surface area contributed by atoms with Crippen molar-refractivity contribution in [2.24, 2.45) is 10.7 Å². The number of aliphatic hydroxyl groups is 3. The van der Waals surface area contributed by atoms with E-state index in [-0.39, 0.29) is 12.3 Å². The van der Waals surface area contributed by atoms with Crippen LogP contribution < -0.4 is 11.1 Å². The van der Waals surface area contributed by atoms with Crippen molar-refractivity contribution in [2.75, 3.05) is 6.61 Å². The van der Waals surface area contributed by atoms with Gasteiger partial charge in [-0.2, -0.15) is 0 Å². The van der Waals surface area contributed by atoms with E-state index in [9.17, 15) is 10.2 Å². The molecule has 19 heavy (non-hydrogen) atoms. The lowest BCUT2D eigenvalue weighted by atomic mass is 10.2. The van der Waals surface area contributed by atoms with Gasteiger partial charge in [0, 0.05) is 6.42 Å². The number of nitrogens with zero attached hydrogens (tertiary/aromatic N) is 3. The van der Waals surface area contributed by atoms with E-state index in [0.717, 1.165) is 0 Å². The van der Waals surface area contributed by atoms with Gasteiger partial charge < -0.3 is 25.4 Å². The highest BCUT2D eigenvalue weighted by Gasteiger charge is 2.39. The van der Waals surface area contributed by atoms with Gasteiger partial charge in [-0.1, -0.05) is 0 Å². The largest absolute Gasteiger partial charge is 0.394 e. The van der Waals surface area contributed by atoms with Crippen molar-refractivity contribution in [3.8, 4) is 0 Å². The molecule has 9 heteroatoms. The second-order valence-corrected chi connectivity index (χ2v) is 4.61. The summed E-state index contributed by atoms with van der Waals surface area (Å²) in [5.74, 6) is -1.42. The fourth-order valence-corrected chi connectivity index (χ4v) is 2.27. The summed E-state index contributed by atoms with van der Waals surface area (Å²) in [7, 11) is 0. The number of aliphatic imine (C=N–C) groups is 1. The number of ether oxygens (including phenoxy) is 1. The number of nitrogens with one attached hydrogen (secondary N) is 1. The van der Waals surface area contributed by atoms with Crippen LogP contribution in [-0.2, 0) is 10.6 Å². The van der Waals surface area contributed by atoms with E-state index in [1.807, 2.05) is 0 Å². The van der Waals surface area contributed by atoms with Crippen LogP contribution in [0.5, 0.6) is 0 Å². The first-order valence-corrected chi connectivity index (χ1v) is 5.86. The Morgan fingerprint density at radius 2 is 2.42 bits per heavy atom. The molecular formula is C10H15N5O4. The van der Waals surface area contributed by atoms with Crippen molar-refractivity contribution in [1.29, 1.82) is 0 Å². The third-order valence-electron chi connectivity index (χ3n) is 3.29. The van der Waals surface area contributed by atoms with E-state index in [1.54, 1.807) is 4.57 Å². The van der Waals surface area contributed by atoms with Crippen LogP contribution in [0, 0.1) is 0 Å². The van der Waals surface area contributed by atoms with Crippen LogP contribution in [0.15, 0.2) is 11.3 Å². The third kappa shape index (κ3) is 1.91. The molecule has 2 aliphatic rings. The van der Waals surface area contributed by atoms with Crippen LogP contribution in [0.2, 0.25) is 0 Å². The van der Waals surface area contributed by atoms with E-state index >= 15 is 0 Å². The number of hydrogen-bond donors (Lipinski definition) is 5. The molecule has 0 aromatic carbocycles. The molecular weight excluding hydrogens is 254 g/mol. The Bertz CT molecular complexity index is 514. The predicted octanol–water partition coefficient (Wildman–Crippen LogP) is -2.15. The Hall–Kier alpha value is -1.52. The van der Waals surface area contributed by atoms with Crippen molar-refractivity contribution in [1.82, 2.24) is 14.9 Å². The lowest BCUT2D eigenvalue weighted by Gasteiger charge is -2.25. The van der Waals surface area contributed by atoms with Gasteiger partial charge in [-0.3, -0.25) is 10.3 Å². The molecule has 3 heterocycles. The molecule has 1 saturated heterocycles. The van der Waals surface area contributed by atoms with Crippen LogP contribution in [0.1, 0.15) is 18.3 Å². The molecule has 1 aromatic rings. The minimum atomic E-state index is -1.78. The normalized spacial score (nSPS) is 37.2. The number of rotatable bonds is 2. The molecule has 4 atom stereocenters. The summed E-state index contributed by atoms with van der Waals surface area (Å²) in [6, 6.07) is 0. The van der Waals surface area contributed by atoms with Crippen molar-refractivity contribution in [2.45, 2.75) is 30.7 Å². The third-order valence-corrected chi connectivity index (χ3v) is 3.29. The molecule has 0 radical (unpaired) electrons. The fourth-order valence-electron chi connectivity index (χ4n) is 2.27. The molecule has 104 valence electrons. The van der Waals surface area contributed by atoms with E-state index in [1.165, 1.54) is 12.7 Å². The SMILES string of the molecule is N[C@@]1(O)NC=Nc2c1ncn2[C@H]1C[C@@H](O)[C@@H](CO)O1. The Morgan fingerprint density at radius 3 is 3.11 bits per heavy atom. The van der Waals surface area contributed by atoms with E-state index in [2.05, 4.69) is 15.3 Å². The predicted molar refractivity (Wildman–Crippen MR) is 63.2 cm³/mol. The number of aromatic nitrogens is 2. The first kappa shape index (κ1) is 12.5. The first-order valence-electron chi connectivity index (χ1n) is 5.86. The molecule has 1 aromatic heterocycles.